The summed E-state index contributed by atoms with van der Waals surface area (Å²) < 4.78 is 1.79. The minimum Gasteiger partial charge on any atom is -0.364 e. The van der Waals surface area contributed by atoms with Gasteiger partial charge in [-0.1, -0.05) is 6.07 Å². The summed E-state index contributed by atoms with van der Waals surface area (Å²) in [6, 6.07) is 10.1. The third-order valence-electron chi connectivity index (χ3n) is 2.92. The third-order valence-corrected chi connectivity index (χ3v) is 2.92. The van der Waals surface area contributed by atoms with Crippen LogP contribution in [0.4, 0.5) is 5.82 Å². The fourth-order valence-electron chi connectivity index (χ4n) is 2.06. The first-order chi connectivity index (χ1) is 9.22. The SMILES string of the molecule is Cc1cc(NCc2cccc(C)n2)n2ncnc2c1. The molecule has 0 radical (unpaired) electrons. The molecular formula is C14H15N5. The topological polar surface area (TPSA) is 55.1 Å². The summed E-state index contributed by atoms with van der Waals surface area (Å²) in [5.41, 5.74) is 4.03. The molecule has 3 heterocycles. The molecule has 3 aromatic heterocycles. The van der Waals surface area contributed by atoms with E-state index < -0.39 is 0 Å². The van der Waals surface area contributed by atoms with E-state index in [0.717, 1.165) is 28.4 Å². The summed E-state index contributed by atoms with van der Waals surface area (Å²) in [4.78, 5) is 8.68. The zero-order chi connectivity index (χ0) is 13.2. The van der Waals surface area contributed by atoms with Gasteiger partial charge < -0.3 is 5.32 Å². The van der Waals surface area contributed by atoms with Crippen molar-refractivity contribution in [2.75, 3.05) is 5.32 Å². The number of aryl methyl sites for hydroxylation is 2. The van der Waals surface area contributed by atoms with Crippen molar-refractivity contribution in [2.24, 2.45) is 0 Å². The van der Waals surface area contributed by atoms with Gasteiger partial charge in [-0.25, -0.2) is 4.98 Å². The Bertz CT molecular complexity index is 717. The highest BCUT2D eigenvalue weighted by molar-refractivity contribution is 5.51. The summed E-state index contributed by atoms with van der Waals surface area (Å²) >= 11 is 0. The van der Waals surface area contributed by atoms with Crippen LogP contribution in [-0.4, -0.2) is 19.6 Å². The standard InChI is InChI=1S/C14H15N5/c1-10-6-13(19-14(7-10)16-9-17-19)15-8-12-5-3-4-11(2)18-12/h3-7,9,15H,8H2,1-2H3. The monoisotopic (exact) mass is 253 g/mol. The van der Waals surface area contributed by atoms with E-state index in [-0.39, 0.29) is 0 Å². The fraction of sp³-hybridized carbons (Fsp3) is 0.214. The molecule has 0 aliphatic heterocycles. The second-order valence-corrected chi connectivity index (χ2v) is 4.57. The first-order valence-electron chi connectivity index (χ1n) is 6.19. The number of anilines is 1. The van der Waals surface area contributed by atoms with Gasteiger partial charge in [0.2, 0.25) is 0 Å². The number of nitrogens with zero attached hydrogens (tertiary/aromatic N) is 4. The number of pyridine rings is 2. The molecule has 0 unspecified atom stereocenters. The minimum absolute atomic E-state index is 0.667. The second kappa shape index (κ2) is 4.68. The summed E-state index contributed by atoms with van der Waals surface area (Å²) in [5.74, 6) is 0.927. The van der Waals surface area contributed by atoms with Crippen LogP contribution in [0.25, 0.3) is 5.65 Å². The van der Waals surface area contributed by atoms with Crippen molar-refractivity contribution in [1.29, 1.82) is 0 Å². The van der Waals surface area contributed by atoms with Crippen LogP contribution < -0.4 is 5.32 Å². The van der Waals surface area contributed by atoms with Crippen molar-refractivity contribution in [3.63, 3.8) is 0 Å². The molecule has 5 nitrogen and oxygen atoms in total. The van der Waals surface area contributed by atoms with Crippen molar-refractivity contribution >= 4 is 11.5 Å². The Morgan fingerprint density at radius 1 is 1.21 bits per heavy atom. The lowest BCUT2D eigenvalue weighted by Crippen LogP contribution is -2.07. The van der Waals surface area contributed by atoms with Crippen LogP contribution in [0.15, 0.2) is 36.7 Å². The molecule has 0 amide bonds. The molecule has 3 aromatic rings. The van der Waals surface area contributed by atoms with E-state index in [2.05, 4.69) is 26.4 Å². The number of rotatable bonds is 3. The lowest BCUT2D eigenvalue weighted by atomic mass is 10.3. The van der Waals surface area contributed by atoms with Crippen molar-refractivity contribution in [3.05, 3.63) is 53.6 Å². The zero-order valence-electron chi connectivity index (χ0n) is 11.0. The van der Waals surface area contributed by atoms with Crippen molar-refractivity contribution in [3.8, 4) is 0 Å². The van der Waals surface area contributed by atoms with Gasteiger partial charge in [-0.2, -0.15) is 9.61 Å². The van der Waals surface area contributed by atoms with E-state index in [1.165, 1.54) is 0 Å². The van der Waals surface area contributed by atoms with Crippen LogP contribution in [0.5, 0.6) is 0 Å². The van der Waals surface area contributed by atoms with Crippen LogP contribution in [0.2, 0.25) is 0 Å². The van der Waals surface area contributed by atoms with Crippen LogP contribution in [0, 0.1) is 13.8 Å². The van der Waals surface area contributed by atoms with Gasteiger partial charge in [0.25, 0.3) is 0 Å². The van der Waals surface area contributed by atoms with Crippen LogP contribution >= 0.6 is 0 Å². The quantitative estimate of drug-likeness (QED) is 0.778. The van der Waals surface area contributed by atoms with E-state index in [1.54, 1.807) is 10.8 Å². The zero-order valence-corrected chi connectivity index (χ0v) is 11.0. The van der Waals surface area contributed by atoms with Gasteiger partial charge in [-0.15, -0.1) is 0 Å². The highest BCUT2D eigenvalue weighted by Crippen LogP contribution is 2.14. The molecular weight excluding hydrogens is 238 g/mol. The molecule has 0 saturated carbocycles. The van der Waals surface area contributed by atoms with Gasteiger partial charge in [0.15, 0.2) is 5.65 Å². The molecule has 96 valence electrons. The molecule has 1 N–H and O–H groups in total. The van der Waals surface area contributed by atoms with E-state index in [9.17, 15) is 0 Å². The molecule has 0 aromatic carbocycles. The lowest BCUT2D eigenvalue weighted by Gasteiger charge is -2.09. The molecule has 0 aliphatic carbocycles. The smallest absolute Gasteiger partial charge is 0.157 e. The lowest BCUT2D eigenvalue weighted by molar-refractivity contribution is 0.926. The Balaban J connectivity index is 1.87. The van der Waals surface area contributed by atoms with Crippen LogP contribution in [0.1, 0.15) is 17.0 Å². The summed E-state index contributed by atoms with van der Waals surface area (Å²) in [6.45, 7) is 4.71. The van der Waals surface area contributed by atoms with Gasteiger partial charge >= 0.3 is 0 Å². The Morgan fingerprint density at radius 3 is 2.95 bits per heavy atom. The Hall–Kier alpha value is -2.43. The Kier molecular flexibility index (Phi) is 2.87. The van der Waals surface area contributed by atoms with E-state index in [4.69, 9.17) is 0 Å². The third kappa shape index (κ3) is 2.40. The Morgan fingerprint density at radius 2 is 2.11 bits per heavy atom. The average molecular weight is 253 g/mol. The van der Waals surface area contributed by atoms with E-state index in [0.29, 0.717) is 6.54 Å². The van der Waals surface area contributed by atoms with Gasteiger partial charge in [0.05, 0.1) is 12.2 Å². The number of fused-ring (bicyclic) bond motifs is 1. The van der Waals surface area contributed by atoms with Crippen molar-refractivity contribution in [2.45, 2.75) is 20.4 Å². The normalized spacial score (nSPS) is 10.8. The van der Waals surface area contributed by atoms with Crippen molar-refractivity contribution < 1.29 is 0 Å². The highest BCUT2D eigenvalue weighted by atomic mass is 15.3. The highest BCUT2D eigenvalue weighted by Gasteiger charge is 2.04. The largest absolute Gasteiger partial charge is 0.364 e. The maximum Gasteiger partial charge on any atom is 0.157 e. The molecule has 0 fully saturated rings. The average Bonchev–Trinajstić information content (AvgIpc) is 2.84. The molecule has 3 rings (SSSR count). The first-order valence-corrected chi connectivity index (χ1v) is 6.19. The number of hydrogen-bond acceptors (Lipinski definition) is 4. The second-order valence-electron chi connectivity index (χ2n) is 4.57. The summed E-state index contributed by atoms with van der Waals surface area (Å²) in [5, 5.41) is 7.57. The number of hydrogen-bond donors (Lipinski definition) is 1. The fourth-order valence-corrected chi connectivity index (χ4v) is 2.06. The first kappa shape index (κ1) is 11.6. The maximum atomic E-state index is 4.47. The maximum absolute atomic E-state index is 4.47. The van der Waals surface area contributed by atoms with Gasteiger partial charge in [-0.05, 0) is 43.7 Å². The van der Waals surface area contributed by atoms with Crippen molar-refractivity contribution in [1.82, 2.24) is 19.6 Å². The van der Waals surface area contributed by atoms with Crippen LogP contribution in [0.3, 0.4) is 0 Å². The molecule has 0 bridgehead atoms. The van der Waals surface area contributed by atoms with Gasteiger partial charge in [0, 0.05) is 5.69 Å². The number of nitrogens with one attached hydrogen (secondary N) is 1. The summed E-state index contributed by atoms with van der Waals surface area (Å²) in [7, 11) is 0. The molecule has 0 atom stereocenters. The molecule has 5 heteroatoms. The molecule has 0 aliphatic rings. The van der Waals surface area contributed by atoms with Gasteiger partial charge in [0.1, 0.15) is 12.1 Å². The Labute approximate surface area is 111 Å². The van der Waals surface area contributed by atoms with E-state index >= 15 is 0 Å². The molecule has 0 spiro atoms. The number of aromatic nitrogens is 4. The van der Waals surface area contributed by atoms with Gasteiger partial charge in [-0.3, -0.25) is 4.98 Å². The molecule has 19 heavy (non-hydrogen) atoms. The summed E-state index contributed by atoms with van der Waals surface area (Å²) in [6.07, 6.45) is 1.56. The minimum atomic E-state index is 0.667. The molecule has 0 saturated heterocycles. The van der Waals surface area contributed by atoms with E-state index in [1.807, 2.05) is 38.1 Å². The predicted octanol–water partition coefficient (Wildman–Crippen LogP) is 2.35. The van der Waals surface area contributed by atoms with Crippen LogP contribution in [-0.2, 0) is 6.54 Å². The predicted molar refractivity (Wildman–Crippen MR) is 74.0 cm³/mol.